The summed E-state index contributed by atoms with van der Waals surface area (Å²) in [6.45, 7) is 2.87. The quantitative estimate of drug-likeness (QED) is 0.139. The van der Waals surface area contributed by atoms with Crippen molar-refractivity contribution in [1.29, 1.82) is 0 Å². The van der Waals surface area contributed by atoms with Gasteiger partial charge in [-0.1, -0.05) is 23.9 Å². The number of fused-ring (bicyclic) bond motifs is 1. The van der Waals surface area contributed by atoms with Crippen LogP contribution >= 0.6 is 11.8 Å². The Labute approximate surface area is 253 Å². The maximum atomic E-state index is 13.6. The average Bonchev–Trinajstić information content (AvgIpc) is 3.55. The van der Waals surface area contributed by atoms with Crippen molar-refractivity contribution in [2.75, 3.05) is 17.7 Å². The third-order valence-corrected chi connectivity index (χ3v) is 8.49. The van der Waals surface area contributed by atoms with Gasteiger partial charge in [-0.15, -0.1) is 0 Å². The van der Waals surface area contributed by atoms with E-state index >= 15 is 0 Å². The first-order chi connectivity index (χ1) is 20.9. The van der Waals surface area contributed by atoms with E-state index in [0.29, 0.717) is 40.4 Å². The van der Waals surface area contributed by atoms with Gasteiger partial charge < -0.3 is 19.8 Å². The van der Waals surface area contributed by atoms with Crippen LogP contribution in [0.15, 0.2) is 81.3 Å². The van der Waals surface area contributed by atoms with Gasteiger partial charge in [0.05, 0.1) is 41.6 Å². The van der Waals surface area contributed by atoms with E-state index in [9.17, 15) is 19.2 Å². The molecular weight excluding hydrogens is 568 g/mol. The highest BCUT2D eigenvalue weighted by atomic mass is 32.2. The Kier molecular flexibility index (Phi) is 9.93. The molecule has 2 aromatic carbocycles. The van der Waals surface area contributed by atoms with Crippen molar-refractivity contribution in [1.82, 2.24) is 14.9 Å². The standard InChI is InChI=1S/C32H34N4O6S/c1-2-41-31(40)23-13-15-24(16-14-23)34-28(37)20-43-32-35-27-8-4-3-7-26(27)30(39)36(32)19-21-9-11-22(12-10-21)29(38)33-18-25-6-5-17-42-25/h3-8,13-17,21-22H,2,9-12,18-20H2,1H3,(H,33,38)(H,34,37). The lowest BCUT2D eigenvalue weighted by Crippen LogP contribution is -2.34. The molecule has 0 aliphatic heterocycles. The number of carbonyl (C=O) groups excluding carboxylic acids is 3. The number of thioether (sulfide) groups is 1. The maximum Gasteiger partial charge on any atom is 0.338 e. The fourth-order valence-electron chi connectivity index (χ4n) is 5.25. The second-order valence-corrected chi connectivity index (χ2v) is 11.4. The summed E-state index contributed by atoms with van der Waals surface area (Å²) in [5.74, 6) is 0.255. The molecule has 0 radical (unpaired) electrons. The highest BCUT2D eigenvalue weighted by Crippen LogP contribution is 2.31. The lowest BCUT2D eigenvalue weighted by Gasteiger charge is -2.28. The molecule has 4 aromatic rings. The van der Waals surface area contributed by atoms with E-state index in [4.69, 9.17) is 14.1 Å². The smallest absolute Gasteiger partial charge is 0.338 e. The van der Waals surface area contributed by atoms with Crippen molar-refractivity contribution >= 4 is 46.1 Å². The molecule has 1 saturated carbocycles. The molecule has 0 spiro atoms. The van der Waals surface area contributed by atoms with E-state index in [1.807, 2.05) is 18.2 Å². The van der Waals surface area contributed by atoms with Crippen LogP contribution in [0.1, 0.15) is 48.7 Å². The number of esters is 1. The minimum absolute atomic E-state index is 0.0252. The highest BCUT2D eigenvalue weighted by Gasteiger charge is 2.27. The van der Waals surface area contributed by atoms with Gasteiger partial charge in [0.25, 0.3) is 5.56 Å². The molecule has 10 nitrogen and oxygen atoms in total. The van der Waals surface area contributed by atoms with Crippen LogP contribution in [0.3, 0.4) is 0 Å². The number of nitrogens with zero attached hydrogens (tertiary/aromatic N) is 2. The van der Waals surface area contributed by atoms with Gasteiger partial charge in [0.15, 0.2) is 5.16 Å². The van der Waals surface area contributed by atoms with Gasteiger partial charge in [-0.25, -0.2) is 9.78 Å². The molecular formula is C32H34N4O6S. The number of benzene rings is 2. The Morgan fingerprint density at radius 2 is 1.79 bits per heavy atom. The second kappa shape index (κ2) is 14.2. The molecule has 2 aromatic heterocycles. The fraction of sp³-hybridized carbons (Fsp3) is 0.344. The van der Waals surface area contributed by atoms with Crippen LogP contribution in [-0.4, -0.2) is 39.7 Å². The number of para-hydroxylation sites is 1. The third-order valence-electron chi connectivity index (χ3n) is 7.51. The van der Waals surface area contributed by atoms with Crippen molar-refractivity contribution in [2.45, 2.75) is 50.9 Å². The summed E-state index contributed by atoms with van der Waals surface area (Å²) in [6.07, 6.45) is 4.69. The average molecular weight is 603 g/mol. The van der Waals surface area contributed by atoms with Gasteiger partial charge in [-0.2, -0.15) is 0 Å². The number of anilines is 1. The lowest BCUT2D eigenvalue weighted by molar-refractivity contribution is -0.126. The van der Waals surface area contributed by atoms with Gasteiger partial charge in [-0.3, -0.25) is 19.0 Å². The van der Waals surface area contributed by atoms with E-state index < -0.39 is 5.97 Å². The van der Waals surface area contributed by atoms with Crippen LogP contribution in [0.5, 0.6) is 0 Å². The first kappa shape index (κ1) is 30.1. The van der Waals surface area contributed by atoms with Gasteiger partial charge in [0.1, 0.15) is 5.76 Å². The molecule has 1 fully saturated rings. The Hall–Kier alpha value is -4.38. The van der Waals surface area contributed by atoms with Crippen LogP contribution in [0.2, 0.25) is 0 Å². The van der Waals surface area contributed by atoms with E-state index in [-0.39, 0.29) is 41.6 Å². The molecule has 0 unspecified atom stereocenters. The minimum atomic E-state index is -0.418. The summed E-state index contributed by atoms with van der Waals surface area (Å²) >= 11 is 1.21. The molecule has 1 aliphatic rings. The summed E-state index contributed by atoms with van der Waals surface area (Å²) in [7, 11) is 0. The first-order valence-corrected chi connectivity index (χ1v) is 15.4. The number of aromatic nitrogens is 2. The number of furan rings is 1. The van der Waals surface area contributed by atoms with Crippen molar-refractivity contribution in [3.8, 4) is 0 Å². The van der Waals surface area contributed by atoms with Gasteiger partial charge in [0.2, 0.25) is 11.8 Å². The highest BCUT2D eigenvalue weighted by molar-refractivity contribution is 7.99. The summed E-state index contributed by atoms with van der Waals surface area (Å²) in [6, 6.07) is 17.3. The van der Waals surface area contributed by atoms with Crippen molar-refractivity contribution in [3.63, 3.8) is 0 Å². The summed E-state index contributed by atoms with van der Waals surface area (Å²) in [5.41, 5.74) is 1.40. The van der Waals surface area contributed by atoms with Crippen LogP contribution in [0.25, 0.3) is 10.9 Å². The molecule has 0 saturated heterocycles. The number of ether oxygens (including phenoxy) is 1. The number of amides is 2. The zero-order valence-corrected chi connectivity index (χ0v) is 24.7. The van der Waals surface area contributed by atoms with Crippen LogP contribution < -0.4 is 16.2 Å². The van der Waals surface area contributed by atoms with Gasteiger partial charge in [0, 0.05) is 18.2 Å². The van der Waals surface area contributed by atoms with Crippen molar-refractivity contribution in [3.05, 3.63) is 88.6 Å². The van der Waals surface area contributed by atoms with Crippen LogP contribution in [-0.2, 0) is 27.4 Å². The van der Waals surface area contributed by atoms with E-state index in [1.54, 1.807) is 60.2 Å². The molecule has 2 amide bonds. The predicted molar refractivity (Wildman–Crippen MR) is 164 cm³/mol. The molecule has 5 rings (SSSR count). The molecule has 43 heavy (non-hydrogen) atoms. The number of hydrogen-bond donors (Lipinski definition) is 2. The van der Waals surface area contributed by atoms with E-state index in [0.717, 1.165) is 31.4 Å². The molecule has 2 N–H and O–H groups in total. The first-order valence-electron chi connectivity index (χ1n) is 14.4. The minimum Gasteiger partial charge on any atom is -0.467 e. The van der Waals surface area contributed by atoms with Gasteiger partial charge >= 0.3 is 5.97 Å². The van der Waals surface area contributed by atoms with E-state index in [1.165, 1.54) is 11.8 Å². The summed E-state index contributed by atoms with van der Waals surface area (Å²) in [4.78, 5) is 55.7. The summed E-state index contributed by atoms with van der Waals surface area (Å²) < 4.78 is 12.0. The van der Waals surface area contributed by atoms with Crippen molar-refractivity contribution in [2.24, 2.45) is 11.8 Å². The number of rotatable bonds is 11. The maximum absolute atomic E-state index is 13.6. The monoisotopic (exact) mass is 602 g/mol. The molecule has 2 heterocycles. The van der Waals surface area contributed by atoms with Crippen LogP contribution in [0.4, 0.5) is 5.69 Å². The Morgan fingerprint density at radius 1 is 1.02 bits per heavy atom. The third kappa shape index (κ3) is 7.72. The lowest BCUT2D eigenvalue weighted by atomic mass is 9.81. The SMILES string of the molecule is CCOC(=O)c1ccc(NC(=O)CSc2nc3ccccc3c(=O)n2CC2CCC(C(=O)NCc3ccco3)CC2)cc1. The van der Waals surface area contributed by atoms with Gasteiger partial charge in [-0.05, 0) is 87.1 Å². The summed E-state index contributed by atoms with van der Waals surface area (Å²) in [5, 5.41) is 6.79. The number of hydrogen-bond acceptors (Lipinski definition) is 8. The molecule has 224 valence electrons. The predicted octanol–water partition coefficient (Wildman–Crippen LogP) is 5.02. The Bertz CT molecular complexity index is 1630. The normalized spacial score (nSPS) is 16.5. The molecule has 0 bridgehead atoms. The number of carbonyl (C=O) groups is 3. The zero-order valence-electron chi connectivity index (χ0n) is 23.9. The number of nitrogens with one attached hydrogen (secondary N) is 2. The van der Waals surface area contributed by atoms with Crippen molar-refractivity contribution < 1.29 is 23.5 Å². The molecule has 0 atom stereocenters. The van der Waals surface area contributed by atoms with E-state index in [2.05, 4.69) is 10.6 Å². The molecule has 11 heteroatoms. The Morgan fingerprint density at radius 3 is 2.51 bits per heavy atom. The molecule has 1 aliphatic carbocycles. The largest absolute Gasteiger partial charge is 0.467 e. The second-order valence-electron chi connectivity index (χ2n) is 10.5. The zero-order chi connectivity index (χ0) is 30.2. The Balaban J connectivity index is 1.22. The topological polar surface area (TPSA) is 133 Å². The van der Waals surface area contributed by atoms with Crippen LogP contribution in [0, 0.1) is 11.8 Å². The fourth-order valence-corrected chi connectivity index (χ4v) is 6.06.